The van der Waals surface area contributed by atoms with Crippen LogP contribution in [0.1, 0.15) is 66.0 Å². The van der Waals surface area contributed by atoms with E-state index in [1.807, 2.05) is 0 Å². The Bertz CT molecular complexity index is 1510. The Kier molecular flexibility index (Phi) is 8.73. The molecule has 0 radical (unpaired) electrons. The highest BCUT2D eigenvalue weighted by molar-refractivity contribution is 5.93. The third kappa shape index (κ3) is 5.20. The minimum absolute atomic E-state index is 0.0523. The van der Waals surface area contributed by atoms with Gasteiger partial charge in [0.25, 0.3) is 0 Å². The monoisotopic (exact) mass is 663 g/mol. The number of fused-ring (bicyclic) bond motifs is 5. The van der Waals surface area contributed by atoms with Gasteiger partial charge < -0.3 is 45.1 Å². The number of hydrogen-bond donors (Lipinski definition) is 6. The first-order chi connectivity index (χ1) is 21.7. The van der Waals surface area contributed by atoms with Gasteiger partial charge in [-0.1, -0.05) is 26.0 Å². The number of amides is 1. The Morgan fingerprint density at radius 2 is 1.68 bits per heavy atom. The van der Waals surface area contributed by atoms with Gasteiger partial charge in [0, 0.05) is 38.0 Å². The third-order valence-electron chi connectivity index (χ3n) is 11.1. The summed E-state index contributed by atoms with van der Waals surface area (Å²) in [5.74, 6) is -5.70. The lowest BCUT2D eigenvalue weighted by Crippen LogP contribution is -2.81. The average molecular weight is 664 g/mol. The third-order valence-corrected chi connectivity index (χ3v) is 11.1. The molecule has 1 amide bonds. The van der Waals surface area contributed by atoms with Crippen molar-refractivity contribution in [2.75, 3.05) is 6.61 Å². The standard InChI is InChI=1S/C33H42FNO12/c1-14-19(47-29(42)25(40)23(35-15(2)36)17-7-9-18(34)10-8-17)12-33(44)28(46-16(3)37)26-31(6,20(38)11-21-32(26,43)13-45-21)27(41)24(39)22(14)30(33,4)5/h7-10,19-21,23-26,28,38-40,43-44H,11-13H2,1-6H3,(H,35,36)/t19?,20-,21+,23-,24+,25+,26-,28-,31+,32-,33+/m0/s1. The number of nitrogens with one attached hydrogen (secondary N) is 1. The first kappa shape index (κ1) is 35.0. The highest BCUT2D eigenvalue weighted by Gasteiger charge is 2.76. The summed E-state index contributed by atoms with van der Waals surface area (Å²) in [7, 11) is 0. The van der Waals surface area contributed by atoms with E-state index in [0.29, 0.717) is 0 Å². The second-order valence-corrected chi connectivity index (χ2v) is 14.0. The Balaban J connectivity index is 1.62. The molecule has 3 aliphatic carbocycles. The van der Waals surface area contributed by atoms with Crippen LogP contribution in [0.25, 0.3) is 0 Å². The molecule has 1 unspecified atom stereocenters. The Hall–Kier alpha value is -3.27. The molecule has 6 N–H and O–H groups in total. The molecule has 1 aliphatic heterocycles. The number of Topliss-reactive ketones (excluding diaryl/α,β-unsaturated/α-hetero) is 1. The van der Waals surface area contributed by atoms with Crippen LogP contribution in [-0.2, 0) is 33.4 Å². The van der Waals surface area contributed by atoms with Crippen molar-refractivity contribution in [3.63, 3.8) is 0 Å². The average Bonchev–Trinajstić information content (AvgIpc) is 2.98. The van der Waals surface area contributed by atoms with Crippen molar-refractivity contribution < 1.29 is 63.3 Å². The second kappa shape index (κ2) is 11.7. The lowest BCUT2D eigenvalue weighted by molar-refractivity contribution is -0.345. The smallest absolute Gasteiger partial charge is 0.338 e. The van der Waals surface area contributed by atoms with Gasteiger partial charge in [0.2, 0.25) is 5.91 Å². The van der Waals surface area contributed by atoms with Crippen LogP contribution in [-0.4, -0.2) is 104 Å². The molecule has 1 aromatic carbocycles. The molecule has 0 aromatic heterocycles. The minimum atomic E-state index is -2.25. The molecule has 5 rings (SSSR count). The molecular weight excluding hydrogens is 621 g/mol. The fourth-order valence-electron chi connectivity index (χ4n) is 8.38. The van der Waals surface area contributed by atoms with Crippen LogP contribution >= 0.6 is 0 Å². The second-order valence-electron chi connectivity index (χ2n) is 14.0. The van der Waals surface area contributed by atoms with Gasteiger partial charge in [-0.3, -0.25) is 14.4 Å². The summed E-state index contributed by atoms with van der Waals surface area (Å²) >= 11 is 0. The highest BCUT2D eigenvalue weighted by atomic mass is 19.1. The topological polar surface area (TPSA) is 209 Å². The molecule has 0 spiro atoms. The van der Waals surface area contributed by atoms with Crippen molar-refractivity contribution in [1.82, 2.24) is 5.32 Å². The molecule has 258 valence electrons. The zero-order valence-corrected chi connectivity index (χ0v) is 27.0. The summed E-state index contributed by atoms with van der Waals surface area (Å²) in [5, 5.41) is 61.4. The molecule has 1 aromatic rings. The first-order valence-electron chi connectivity index (χ1n) is 15.5. The zero-order chi connectivity index (χ0) is 35.0. The lowest BCUT2D eigenvalue weighted by Gasteiger charge is -2.66. The van der Waals surface area contributed by atoms with E-state index in [1.54, 1.807) is 0 Å². The highest BCUT2D eigenvalue weighted by Crippen LogP contribution is 2.63. The maximum absolute atomic E-state index is 14.3. The van der Waals surface area contributed by atoms with E-state index in [1.165, 1.54) is 39.8 Å². The van der Waals surface area contributed by atoms with Crippen molar-refractivity contribution in [2.45, 2.75) is 108 Å². The van der Waals surface area contributed by atoms with Crippen LogP contribution in [0.3, 0.4) is 0 Å². The van der Waals surface area contributed by atoms with Gasteiger partial charge in [0.15, 0.2) is 11.9 Å². The molecule has 11 atom stereocenters. The van der Waals surface area contributed by atoms with Crippen molar-refractivity contribution in [3.05, 3.63) is 46.8 Å². The molecule has 4 aliphatic rings. The molecule has 1 heterocycles. The molecule has 2 saturated carbocycles. The van der Waals surface area contributed by atoms with E-state index in [-0.39, 0.29) is 29.7 Å². The fourth-order valence-corrected chi connectivity index (χ4v) is 8.38. The van der Waals surface area contributed by atoms with Crippen LogP contribution < -0.4 is 5.32 Å². The summed E-state index contributed by atoms with van der Waals surface area (Å²) in [4.78, 5) is 52.5. The number of carbonyl (C=O) groups excluding carboxylic acids is 4. The van der Waals surface area contributed by atoms with Crippen molar-refractivity contribution >= 4 is 23.6 Å². The quantitative estimate of drug-likeness (QED) is 0.178. The molecule has 2 bridgehead atoms. The SMILES string of the molecule is CC(=O)N[C@@H](c1ccc(F)cc1)[C@@H](O)C(=O)OC1C[C@@]2(O)[C@@H](OC(C)=O)[C@@H]3[C@]4(O)CO[C@@H]4C[C@H](O)[C@@]3(C)C(=O)[C@H](O)C(=C1C)C2(C)C. The van der Waals surface area contributed by atoms with Gasteiger partial charge in [-0.05, 0) is 42.7 Å². The lowest BCUT2D eigenvalue weighted by atomic mass is 9.45. The number of aliphatic hydroxyl groups excluding tert-OH is 3. The summed E-state index contributed by atoms with van der Waals surface area (Å²) in [5.41, 5.74) is -7.29. The van der Waals surface area contributed by atoms with E-state index in [4.69, 9.17) is 14.2 Å². The summed E-state index contributed by atoms with van der Waals surface area (Å²) < 4.78 is 30.7. The van der Waals surface area contributed by atoms with Gasteiger partial charge in [0.1, 0.15) is 35.3 Å². The van der Waals surface area contributed by atoms with Crippen molar-refractivity contribution in [3.8, 4) is 0 Å². The van der Waals surface area contributed by atoms with E-state index in [0.717, 1.165) is 26.0 Å². The molecule has 14 heteroatoms. The van der Waals surface area contributed by atoms with E-state index in [2.05, 4.69) is 5.32 Å². The maximum atomic E-state index is 14.3. The number of benzene rings is 1. The van der Waals surface area contributed by atoms with Crippen LogP contribution in [0.15, 0.2) is 35.4 Å². The number of carbonyl (C=O) groups is 4. The van der Waals surface area contributed by atoms with E-state index >= 15 is 0 Å². The summed E-state index contributed by atoms with van der Waals surface area (Å²) in [6.07, 6.45) is -10.2. The Labute approximate surface area is 270 Å². The predicted molar refractivity (Wildman–Crippen MR) is 158 cm³/mol. The van der Waals surface area contributed by atoms with Gasteiger partial charge in [-0.25, -0.2) is 9.18 Å². The van der Waals surface area contributed by atoms with Gasteiger partial charge in [0.05, 0.1) is 30.3 Å². The van der Waals surface area contributed by atoms with Gasteiger partial charge in [-0.15, -0.1) is 0 Å². The maximum Gasteiger partial charge on any atom is 0.338 e. The van der Waals surface area contributed by atoms with Crippen LogP contribution in [0.4, 0.5) is 4.39 Å². The summed E-state index contributed by atoms with van der Waals surface area (Å²) in [6, 6.07) is 3.34. The molecule has 1 saturated heterocycles. The molecular formula is C33H42FNO12. The Morgan fingerprint density at radius 1 is 1.06 bits per heavy atom. The summed E-state index contributed by atoms with van der Waals surface area (Å²) in [6.45, 7) is 7.81. The van der Waals surface area contributed by atoms with Crippen molar-refractivity contribution in [1.29, 1.82) is 0 Å². The van der Waals surface area contributed by atoms with Crippen LogP contribution in [0.5, 0.6) is 0 Å². The number of halogens is 1. The largest absolute Gasteiger partial charge is 0.459 e. The Morgan fingerprint density at radius 3 is 2.21 bits per heavy atom. The van der Waals surface area contributed by atoms with Crippen LogP contribution in [0.2, 0.25) is 0 Å². The zero-order valence-electron chi connectivity index (χ0n) is 27.0. The molecule has 3 fully saturated rings. The number of ether oxygens (including phenoxy) is 3. The van der Waals surface area contributed by atoms with Gasteiger partial charge >= 0.3 is 11.9 Å². The number of aliphatic hydroxyl groups is 5. The van der Waals surface area contributed by atoms with Crippen LogP contribution in [0, 0.1) is 22.6 Å². The fraction of sp³-hybridized carbons (Fsp3) is 0.636. The number of esters is 2. The number of hydrogen-bond acceptors (Lipinski definition) is 12. The van der Waals surface area contributed by atoms with Gasteiger partial charge in [-0.2, -0.15) is 0 Å². The van der Waals surface area contributed by atoms with E-state index < -0.39 is 106 Å². The normalized spacial score (nSPS) is 38.8. The molecule has 47 heavy (non-hydrogen) atoms. The predicted octanol–water partition coefficient (Wildman–Crippen LogP) is 0.145. The minimum Gasteiger partial charge on any atom is -0.459 e. The van der Waals surface area contributed by atoms with Crippen molar-refractivity contribution in [2.24, 2.45) is 16.7 Å². The first-order valence-corrected chi connectivity index (χ1v) is 15.5. The number of rotatable bonds is 6. The van der Waals surface area contributed by atoms with E-state index in [9.17, 15) is 49.1 Å². The molecule has 13 nitrogen and oxygen atoms in total. The number of ketones is 1.